The molecule has 4 N–H and O–H groups in total. The highest BCUT2D eigenvalue weighted by molar-refractivity contribution is 6.43. The van der Waals surface area contributed by atoms with E-state index in [0.717, 1.165) is 25.9 Å². The molecular weight excluding hydrogens is 385 g/mol. The number of carbonyl (C=O) groups excluding carboxylic acids is 1. The molecule has 0 bridgehead atoms. The summed E-state index contributed by atoms with van der Waals surface area (Å²) in [4.78, 5) is 23.5. The summed E-state index contributed by atoms with van der Waals surface area (Å²) in [5.74, 6) is 0.907. The van der Waals surface area contributed by atoms with Crippen LogP contribution in [0.2, 0.25) is 10.0 Å². The number of aromatic nitrogens is 2. The Balaban J connectivity index is 1.77. The minimum absolute atomic E-state index is 0.156. The fraction of sp³-hybridized carbons (Fsp3) is 0.421. The van der Waals surface area contributed by atoms with Crippen molar-refractivity contribution in [2.75, 3.05) is 18.0 Å². The maximum absolute atomic E-state index is 12.2. The molecule has 1 aliphatic carbocycles. The average Bonchev–Trinajstić information content (AvgIpc) is 3.19. The van der Waals surface area contributed by atoms with Gasteiger partial charge in [-0.3, -0.25) is 4.79 Å². The van der Waals surface area contributed by atoms with Gasteiger partial charge in [-0.2, -0.15) is 0 Å². The van der Waals surface area contributed by atoms with E-state index in [-0.39, 0.29) is 11.7 Å². The minimum atomic E-state index is -0.621. The van der Waals surface area contributed by atoms with Gasteiger partial charge in [0.15, 0.2) is 0 Å². The molecule has 27 heavy (non-hydrogen) atoms. The Labute approximate surface area is 167 Å². The fourth-order valence-corrected chi connectivity index (χ4v) is 4.76. The number of amides is 1. The molecular formula is C19H21Cl2N5O. The third-order valence-electron chi connectivity index (χ3n) is 5.73. The number of hydrogen-bond acceptors (Lipinski definition) is 5. The lowest BCUT2D eigenvalue weighted by Gasteiger charge is -2.21. The predicted octanol–water partition coefficient (Wildman–Crippen LogP) is 3.03. The second kappa shape index (κ2) is 6.93. The van der Waals surface area contributed by atoms with Crippen molar-refractivity contribution in [3.05, 3.63) is 39.6 Å². The van der Waals surface area contributed by atoms with Crippen molar-refractivity contribution >= 4 is 35.1 Å². The Kier molecular flexibility index (Phi) is 4.74. The van der Waals surface area contributed by atoms with Crippen molar-refractivity contribution < 1.29 is 4.79 Å². The van der Waals surface area contributed by atoms with Gasteiger partial charge in [-0.1, -0.05) is 35.3 Å². The van der Waals surface area contributed by atoms with Gasteiger partial charge >= 0.3 is 0 Å². The molecule has 1 saturated heterocycles. The summed E-state index contributed by atoms with van der Waals surface area (Å²) in [6, 6.07) is 5.46. The van der Waals surface area contributed by atoms with E-state index in [1.54, 1.807) is 18.2 Å². The number of rotatable bonds is 3. The third-order valence-corrected chi connectivity index (χ3v) is 6.55. The van der Waals surface area contributed by atoms with Crippen LogP contribution in [0.5, 0.6) is 0 Å². The quantitative estimate of drug-likeness (QED) is 0.817. The zero-order chi connectivity index (χ0) is 19.3. The molecule has 1 aliphatic heterocycles. The van der Waals surface area contributed by atoms with Gasteiger partial charge < -0.3 is 16.4 Å². The second-order valence-corrected chi connectivity index (χ2v) is 8.15. The normalized spacial score (nSPS) is 24.3. The molecule has 1 aromatic carbocycles. The molecule has 6 nitrogen and oxygen atoms in total. The maximum Gasteiger partial charge on any atom is 0.268 e. The van der Waals surface area contributed by atoms with Crippen LogP contribution in [-0.2, 0) is 0 Å². The number of halogens is 2. The Bertz CT molecular complexity index is 919. The first-order valence-electron chi connectivity index (χ1n) is 9.00. The lowest BCUT2D eigenvalue weighted by molar-refractivity contribution is 0.0996. The Morgan fingerprint density at radius 1 is 1.22 bits per heavy atom. The van der Waals surface area contributed by atoms with Gasteiger partial charge in [0.1, 0.15) is 5.69 Å². The summed E-state index contributed by atoms with van der Waals surface area (Å²) < 4.78 is 0. The number of carbonyl (C=O) groups is 1. The first-order valence-corrected chi connectivity index (χ1v) is 9.75. The SMILES string of the molecule is Cc1nc(N2C[C@H]3CCC(N)[C@@H]3C2)nc(C(N)=O)c1-c1cccc(Cl)c1Cl. The number of nitrogens with two attached hydrogens (primary N) is 2. The highest BCUT2D eigenvalue weighted by atomic mass is 35.5. The van der Waals surface area contributed by atoms with Crippen LogP contribution in [0.1, 0.15) is 29.0 Å². The largest absolute Gasteiger partial charge is 0.364 e. The first-order chi connectivity index (χ1) is 12.9. The third kappa shape index (κ3) is 3.16. The summed E-state index contributed by atoms with van der Waals surface area (Å²) in [5.41, 5.74) is 13.8. The Morgan fingerprint density at radius 3 is 2.70 bits per heavy atom. The number of hydrogen-bond donors (Lipinski definition) is 2. The smallest absolute Gasteiger partial charge is 0.268 e. The van der Waals surface area contributed by atoms with E-state index in [0.29, 0.717) is 44.7 Å². The fourth-order valence-electron chi connectivity index (χ4n) is 4.37. The molecule has 1 unspecified atom stereocenters. The molecule has 1 amide bonds. The lowest BCUT2D eigenvalue weighted by Crippen LogP contribution is -2.31. The van der Waals surface area contributed by atoms with Gasteiger partial charge in [0.2, 0.25) is 5.95 Å². The summed E-state index contributed by atoms with van der Waals surface area (Å²) in [6.07, 6.45) is 2.20. The van der Waals surface area contributed by atoms with Crippen LogP contribution in [0, 0.1) is 18.8 Å². The van der Waals surface area contributed by atoms with Gasteiger partial charge in [-0.25, -0.2) is 9.97 Å². The minimum Gasteiger partial charge on any atom is -0.364 e. The van der Waals surface area contributed by atoms with Gasteiger partial charge in [0.25, 0.3) is 5.91 Å². The topological polar surface area (TPSA) is 98.1 Å². The summed E-state index contributed by atoms with van der Waals surface area (Å²) in [5, 5.41) is 0.747. The van der Waals surface area contributed by atoms with Crippen LogP contribution in [-0.4, -0.2) is 35.0 Å². The molecule has 8 heteroatoms. The lowest BCUT2D eigenvalue weighted by atomic mass is 9.98. The van der Waals surface area contributed by atoms with Crippen LogP contribution >= 0.6 is 23.2 Å². The highest BCUT2D eigenvalue weighted by Crippen LogP contribution is 2.40. The summed E-state index contributed by atoms with van der Waals surface area (Å²) in [7, 11) is 0. The van der Waals surface area contributed by atoms with Crippen molar-refractivity contribution in [1.29, 1.82) is 0 Å². The van der Waals surface area contributed by atoms with Crippen LogP contribution < -0.4 is 16.4 Å². The molecule has 2 aliphatic rings. The van der Waals surface area contributed by atoms with Gasteiger partial charge in [0.05, 0.1) is 15.7 Å². The zero-order valence-electron chi connectivity index (χ0n) is 15.0. The second-order valence-electron chi connectivity index (χ2n) is 7.37. The van der Waals surface area contributed by atoms with Gasteiger partial charge in [-0.05, 0) is 37.7 Å². The van der Waals surface area contributed by atoms with Crippen molar-refractivity contribution in [2.24, 2.45) is 23.3 Å². The van der Waals surface area contributed by atoms with Crippen molar-refractivity contribution in [1.82, 2.24) is 9.97 Å². The van der Waals surface area contributed by atoms with E-state index in [9.17, 15) is 4.79 Å². The van der Waals surface area contributed by atoms with Crippen molar-refractivity contribution in [3.63, 3.8) is 0 Å². The van der Waals surface area contributed by atoms with E-state index < -0.39 is 5.91 Å². The van der Waals surface area contributed by atoms with Gasteiger partial charge in [-0.15, -0.1) is 0 Å². The number of benzene rings is 1. The highest BCUT2D eigenvalue weighted by Gasteiger charge is 2.42. The monoisotopic (exact) mass is 405 g/mol. The maximum atomic E-state index is 12.2. The molecule has 1 aromatic heterocycles. The van der Waals surface area contributed by atoms with E-state index in [2.05, 4.69) is 14.9 Å². The molecule has 4 rings (SSSR count). The summed E-state index contributed by atoms with van der Waals surface area (Å²) >= 11 is 12.5. The zero-order valence-corrected chi connectivity index (χ0v) is 16.5. The van der Waals surface area contributed by atoms with Crippen LogP contribution in [0.15, 0.2) is 18.2 Å². The molecule has 2 fully saturated rings. The van der Waals surface area contributed by atoms with E-state index in [1.807, 2.05) is 6.92 Å². The number of aryl methyl sites for hydroxylation is 1. The van der Waals surface area contributed by atoms with E-state index >= 15 is 0 Å². The van der Waals surface area contributed by atoms with Crippen molar-refractivity contribution in [3.8, 4) is 11.1 Å². The molecule has 0 spiro atoms. The Morgan fingerprint density at radius 2 is 2.00 bits per heavy atom. The molecule has 2 aromatic rings. The first kappa shape index (κ1) is 18.5. The number of anilines is 1. The predicted molar refractivity (Wildman–Crippen MR) is 107 cm³/mol. The molecule has 1 saturated carbocycles. The van der Waals surface area contributed by atoms with Crippen LogP contribution in [0.25, 0.3) is 11.1 Å². The van der Waals surface area contributed by atoms with Crippen LogP contribution in [0.4, 0.5) is 5.95 Å². The average molecular weight is 406 g/mol. The number of fused-ring (bicyclic) bond motifs is 1. The standard InChI is InChI=1S/C19H21Cl2N5O/c1-9-15(11-3-2-4-13(20)16(11)21)17(18(23)27)25-19(24-9)26-7-10-5-6-14(22)12(10)8-26/h2-4,10,12,14H,5-8,22H2,1H3,(H2,23,27)/t10-,12-,14?/m1/s1. The van der Waals surface area contributed by atoms with E-state index in [1.165, 1.54) is 0 Å². The number of nitrogens with zero attached hydrogens (tertiary/aromatic N) is 3. The van der Waals surface area contributed by atoms with Crippen molar-refractivity contribution in [2.45, 2.75) is 25.8 Å². The Hall–Kier alpha value is -1.89. The molecule has 2 heterocycles. The van der Waals surface area contributed by atoms with Crippen LogP contribution in [0.3, 0.4) is 0 Å². The number of primary amides is 1. The molecule has 142 valence electrons. The van der Waals surface area contributed by atoms with E-state index in [4.69, 9.17) is 34.7 Å². The van der Waals surface area contributed by atoms with Gasteiger partial charge in [0, 0.05) is 30.3 Å². The molecule has 3 atom stereocenters. The molecule has 0 radical (unpaired) electrons. The summed E-state index contributed by atoms with van der Waals surface area (Å²) in [6.45, 7) is 3.49.